The third-order valence-electron chi connectivity index (χ3n) is 3.02. The van der Waals surface area contributed by atoms with Gasteiger partial charge in [-0.3, -0.25) is 4.72 Å². The molecule has 0 aliphatic carbocycles. The minimum Gasteiger partial charge on any atom is -0.278 e. The van der Waals surface area contributed by atoms with Crippen molar-refractivity contribution in [2.75, 3.05) is 4.72 Å². The molecule has 0 fully saturated rings. The van der Waals surface area contributed by atoms with Crippen molar-refractivity contribution < 1.29 is 8.42 Å². The monoisotopic (exact) mass is 457 g/mol. The van der Waals surface area contributed by atoms with Crippen molar-refractivity contribution in [2.45, 2.75) is 4.90 Å². The summed E-state index contributed by atoms with van der Waals surface area (Å²) in [4.78, 5) is 1.38. The summed E-state index contributed by atoms with van der Waals surface area (Å²) in [5, 5.41) is 4.24. The van der Waals surface area contributed by atoms with Gasteiger partial charge in [-0.25, -0.2) is 8.42 Å². The smallest absolute Gasteiger partial charge is 0.263 e. The third kappa shape index (κ3) is 3.42. The summed E-state index contributed by atoms with van der Waals surface area (Å²) < 4.78 is 27.9. The second-order valence-electron chi connectivity index (χ2n) is 4.54. The van der Waals surface area contributed by atoms with E-state index < -0.39 is 10.0 Å². The van der Waals surface area contributed by atoms with Crippen molar-refractivity contribution >= 4 is 84.8 Å². The van der Waals surface area contributed by atoms with Gasteiger partial charge in [-0.05, 0) is 35.0 Å². The quantitative estimate of drug-likeness (QED) is 0.432. The molecule has 3 nitrogen and oxygen atoms in total. The molecule has 126 valence electrons. The molecule has 0 radical (unpaired) electrons. The standard InChI is InChI=1S/C14H7Cl4NO2S3/c15-7-1-2-10(12(18)11(7)17)24(20,21)19-9-4-6-23-14(9)13-8(16)3-5-22-13/h1-6,19H. The topological polar surface area (TPSA) is 46.2 Å². The van der Waals surface area contributed by atoms with Crippen LogP contribution in [0.25, 0.3) is 9.75 Å². The van der Waals surface area contributed by atoms with Crippen LogP contribution in [-0.2, 0) is 10.0 Å². The Kier molecular flexibility index (Phi) is 5.37. The first-order valence-electron chi connectivity index (χ1n) is 6.28. The predicted molar refractivity (Wildman–Crippen MR) is 105 cm³/mol. The van der Waals surface area contributed by atoms with Gasteiger partial charge in [-0.1, -0.05) is 46.4 Å². The highest BCUT2D eigenvalue weighted by Gasteiger charge is 2.23. The summed E-state index contributed by atoms with van der Waals surface area (Å²) in [6.07, 6.45) is 0. The average molecular weight is 459 g/mol. The van der Waals surface area contributed by atoms with Gasteiger partial charge in [0.25, 0.3) is 10.0 Å². The van der Waals surface area contributed by atoms with Gasteiger partial charge in [0, 0.05) is 0 Å². The molecular formula is C14H7Cl4NO2S3. The van der Waals surface area contributed by atoms with Crippen molar-refractivity contribution in [3.63, 3.8) is 0 Å². The van der Waals surface area contributed by atoms with Gasteiger partial charge in [0.1, 0.15) is 4.90 Å². The Balaban J connectivity index is 2.02. The summed E-state index contributed by atoms with van der Waals surface area (Å²) in [7, 11) is -3.94. The lowest BCUT2D eigenvalue weighted by Gasteiger charge is -2.11. The number of nitrogens with one attached hydrogen (secondary N) is 1. The van der Waals surface area contributed by atoms with Crippen LogP contribution < -0.4 is 4.72 Å². The van der Waals surface area contributed by atoms with E-state index in [2.05, 4.69) is 4.72 Å². The van der Waals surface area contributed by atoms with Crippen molar-refractivity contribution in [1.29, 1.82) is 0 Å². The van der Waals surface area contributed by atoms with Gasteiger partial charge in [-0.15, -0.1) is 22.7 Å². The Labute approximate surface area is 166 Å². The first-order chi connectivity index (χ1) is 11.3. The van der Waals surface area contributed by atoms with E-state index in [1.807, 2.05) is 5.38 Å². The first-order valence-corrected chi connectivity index (χ1v) is 11.0. The number of hydrogen-bond acceptors (Lipinski definition) is 4. The van der Waals surface area contributed by atoms with Gasteiger partial charge in [0.15, 0.2) is 0 Å². The summed E-state index contributed by atoms with van der Waals surface area (Å²) >= 11 is 26.8. The summed E-state index contributed by atoms with van der Waals surface area (Å²) in [6, 6.07) is 6.12. The van der Waals surface area contributed by atoms with Crippen molar-refractivity contribution in [2.24, 2.45) is 0 Å². The maximum atomic E-state index is 12.7. The molecule has 0 atom stereocenters. The molecule has 24 heavy (non-hydrogen) atoms. The largest absolute Gasteiger partial charge is 0.278 e. The van der Waals surface area contributed by atoms with Crippen LogP contribution in [0.4, 0.5) is 5.69 Å². The molecule has 0 aliphatic rings. The normalized spacial score (nSPS) is 11.7. The maximum Gasteiger partial charge on any atom is 0.263 e. The number of anilines is 1. The van der Waals surface area contributed by atoms with E-state index >= 15 is 0 Å². The first kappa shape index (κ1) is 18.3. The summed E-state index contributed by atoms with van der Waals surface area (Å²) in [5.74, 6) is 0. The molecule has 3 aromatic rings. The van der Waals surface area contributed by atoms with Crippen molar-refractivity contribution in [3.05, 3.63) is 55.1 Å². The lowest BCUT2D eigenvalue weighted by atomic mass is 10.3. The Bertz CT molecular complexity index is 1010. The van der Waals surface area contributed by atoms with Gasteiger partial charge >= 0.3 is 0 Å². The third-order valence-corrected chi connectivity index (χ3v) is 8.26. The zero-order chi connectivity index (χ0) is 17.5. The minimum absolute atomic E-state index is 0.00643. The summed E-state index contributed by atoms with van der Waals surface area (Å²) in [6.45, 7) is 0. The SMILES string of the molecule is O=S(=O)(Nc1ccsc1-c1sccc1Cl)c1ccc(Cl)c(Cl)c1Cl. The second kappa shape index (κ2) is 7.03. The number of thiophene rings is 2. The van der Waals surface area contributed by atoms with Gasteiger partial charge in [0.05, 0.1) is 35.5 Å². The molecule has 1 aromatic carbocycles. The second-order valence-corrected chi connectivity index (χ2v) is 9.59. The molecule has 3 rings (SSSR count). The number of sulfonamides is 1. The van der Waals surface area contributed by atoms with E-state index in [0.29, 0.717) is 10.7 Å². The van der Waals surface area contributed by atoms with Crippen molar-refractivity contribution in [1.82, 2.24) is 0 Å². The minimum atomic E-state index is -3.94. The fraction of sp³-hybridized carbons (Fsp3) is 0. The molecule has 0 saturated carbocycles. The van der Waals surface area contributed by atoms with Crippen LogP contribution in [0.3, 0.4) is 0 Å². The highest BCUT2D eigenvalue weighted by molar-refractivity contribution is 7.92. The number of benzene rings is 1. The summed E-state index contributed by atoms with van der Waals surface area (Å²) in [5.41, 5.74) is 0.423. The molecule has 0 amide bonds. The number of halogens is 4. The molecule has 0 spiro atoms. The van der Waals surface area contributed by atoms with Crippen LogP contribution >= 0.6 is 69.1 Å². The lowest BCUT2D eigenvalue weighted by Crippen LogP contribution is -2.13. The van der Waals surface area contributed by atoms with Crippen molar-refractivity contribution in [3.8, 4) is 9.75 Å². The lowest BCUT2D eigenvalue weighted by molar-refractivity contribution is 0.601. The van der Waals surface area contributed by atoms with E-state index in [4.69, 9.17) is 46.4 Å². The Morgan fingerprint density at radius 2 is 1.46 bits per heavy atom. The van der Waals surface area contributed by atoms with E-state index in [0.717, 1.165) is 9.75 Å². The van der Waals surface area contributed by atoms with Crippen LogP contribution in [0.5, 0.6) is 0 Å². The molecule has 2 heterocycles. The van der Waals surface area contributed by atoms with E-state index in [1.54, 1.807) is 17.5 Å². The molecule has 0 unspecified atom stereocenters. The Morgan fingerprint density at radius 1 is 0.792 bits per heavy atom. The molecule has 0 bridgehead atoms. The Morgan fingerprint density at radius 3 is 2.12 bits per heavy atom. The predicted octanol–water partition coefficient (Wildman–Crippen LogP) is 6.89. The van der Waals surface area contributed by atoms with E-state index in [-0.39, 0.29) is 20.0 Å². The van der Waals surface area contributed by atoms with Crippen LogP contribution in [0.2, 0.25) is 20.1 Å². The number of rotatable bonds is 4. The molecule has 1 N–H and O–H groups in total. The van der Waals surface area contributed by atoms with Gasteiger partial charge in [0.2, 0.25) is 0 Å². The average Bonchev–Trinajstić information content (AvgIpc) is 3.12. The Hall–Kier alpha value is -0.470. The van der Waals surface area contributed by atoms with E-state index in [1.165, 1.54) is 34.8 Å². The fourth-order valence-electron chi connectivity index (χ4n) is 1.94. The van der Waals surface area contributed by atoms with Crippen LogP contribution in [0, 0.1) is 0 Å². The fourth-order valence-corrected chi connectivity index (χ4v) is 6.30. The molecule has 10 heteroatoms. The highest BCUT2D eigenvalue weighted by atomic mass is 35.5. The van der Waals surface area contributed by atoms with E-state index in [9.17, 15) is 8.42 Å². The molecule has 0 aliphatic heterocycles. The van der Waals surface area contributed by atoms with Gasteiger partial charge < -0.3 is 0 Å². The molecule has 0 saturated heterocycles. The van der Waals surface area contributed by atoms with Crippen LogP contribution in [-0.4, -0.2) is 8.42 Å². The zero-order valence-corrected chi connectivity index (χ0v) is 17.0. The molecular weight excluding hydrogens is 452 g/mol. The van der Waals surface area contributed by atoms with Crippen LogP contribution in [0.1, 0.15) is 0 Å². The zero-order valence-electron chi connectivity index (χ0n) is 11.5. The molecule has 2 aromatic heterocycles. The van der Waals surface area contributed by atoms with Crippen LogP contribution in [0.15, 0.2) is 39.9 Å². The maximum absolute atomic E-state index is 12.7. The number of hydrogen-bond donors (Lipinski definition) is 1. The highest BCUT2D eigenvalue weighted by Crippen LogP contribution is 2.42. The van der Waals surface area contributed by atoms with Gasteiger partial charge in [-0.2, -0.15) is 0 Å².